The average molecular weight is 487 g/mol. The highest BCUT2D eigenvalue weighted by Gasteiger charge is 2.31. The summed E-state index contributed by atoms with van der Waals surface area (Å²) in [4.78, 5) is 2.07. The molecule has 1 N–H and O–H groups in total. The van der Waals surface area contributed by atoms with Gasteiger partial charge < -0.3 is 14.4 Å². The highest BCUT2D eigenvalue weighted by molar-refractivity contribution is 7.89. The minimum atomic E-state index is -4.84. The van der Waals surface area contributed by atoms with Crippen molar-refractivity contribution in [1.82, 2.24) is 9.62 Å². The molecule has 1 atom stereocenters. The zero-order valence-electron chi connectivity index (χ0n) is 18.4. The molecular weight excluding hydrogens is 457 g/mol. The lowest BCUT2D eigenvalue weighted by molar-refractivity contribution is -0.274. The van der Waals surface area contributed by atoms with E-state index in [2.05, 4.69) is 21.3 Å². The predicted octanol–water partition coefficient (Wildman–Crippen LogP) is 4.50. The van der Waals surface area contributed by atoms with E-state index in [-0.39, 0.29) is 11.0 Å². The molecule has 1 fully saturated rings. The smallest absolute Gasteiger partial charge is 0.406 e. The normalized spacial score (nSPS) is 17.1. The van der Waals surface area contributed by atoms with Gasteiger partial charge in [0.15, 0.2) is 0 Å². The Morgan fingerprint density at radius 2 is 1.70 bits per heavy atom. The van der Waals surface area contributed by atoms with E-state index in [1.54, 1.807) is 0 Å². The van der Waals surface area contributed by atoms with Crippen LogP contribution in [0.25, 0.3) is 0 Å². The van der Waals surface area contributed by atoms with Crippen molar-refractivity contribution in [3.05, 3.63) is 60.2 Å². The van der Waals surface area contributed by atoms with Crippen molar-refractivity contribution in [2.45, 2.75) is 49.6 Å². The van der Waals surface area contributed by atoms with Crippen molar-refractivity contribution in [2.24, 2.45) is 0 Å². The van der Waals surface area contributed by atoms with Crippen molar-refractivity contribution in [1.29, 1.82) is 0 Å². The molecular formula is C23H29F3N2O4S. The van der Waals surface area contributed by atoms with Gasteiger partial charge in [0.05, 0.1) is 17.0 Å². The Bertz CT molecular complexity index is 961. The van der Waals surface area contributed by atoms with Crippen LogP contribution in [0, 0.1) is 0 Å². The molecule has 0 amide bonds. The molecule has 3 rings (SSSR count). The first-order chi connectivity index (χ1) is 15.7. The Labute approximate surface area is 192 Å². The van der Waals surface area contributed by atoms with Crippen LogP contribution in [-0.4, -0.2) is 52.0 Å². The summed E-state index contributed by atoms with van der Waals surface area (Å²) < 4.78 is 75.5. The third-order valence-corrected chi connectivity index (χ3v) is 6.89. The number of hydrogen-bond donors (Lipinski definition) is 1. The summed E-state index contributed by atoms with van der Waals surface area (Å²) in [7, 11) is -3.98. The van der Waals surface area contributed by atoms with Crippen LogP contribution in [0.3, 0.4) is 0 Å². The van der Waals surface area contributed by atoms with Crippen LogP contribution < -0.4 is 9.46 Å². The molecule has 2 aromatic carbocycles. The van der Waals surface area contributed by atoms with Crippen LogP contribution in [0.4, 0.5) is 13.2 Å². The Morgan fingerprint density at radius 1 is 1.06 bits per heavy atom. The second-order valence-electron chi connectivity index (χ2n) is 7.97. The zero-order valence-corrected chi connectivity index (χ0v) is 19.2. The molecule has 1 saturated heterocycles. The fraction of sp³-hybridized carbons (Fsp3) is 0.478. The minimum Gasteiger partial charge on any atom is -0.406 e. The quantitative estimate of drug-likeness (QED) is 0.536. The van der Waals surface area contributed by atoms with Gasteiger partial charge in [0, 0.05) is 26.2 Å². The lowest BCUT2D eigenvalue weighted by Gasteiger charge is -2.34. The number of nitrogens with one attached hydrogen (secondary N) is 1. The van der Waals surface area contributed by atoms with Crippen molar-refractivity contribution >= 4 is 10.0 Å². The maximum absolute atomic E-state index is 13.0. The fourth-order valence-corrected chi connectivity index (χ4v) is 4.99. The third-order valence-electron chi connectivity index (χ3n) is 5.40. The van der Waals surface area contributed by atoms with E-state index in [1.165, 1.54) is 0 Å². The van der Waals surface area contributed by atoms with Gasteiger partial charge in [-0.2, -0.15) is 0 Å². The van der Waals surface area contributed by atoms with E-state index in [9.17, 15) is 21.6 Å². The van der Waals surface area contributed by atoms with Gasteiger partial charge in [-0.25, -0.2) is 13.1 Å². The van der Waals surface area contributed by atoms with E-state index < -0.39 is 28.2 Å². The Hall–Kier alpha value is -2.14. The monoisotopic (exact) mass is 486 g/mol. The Morgan fingerprint density at radius 3 is 2.27 bits per heavy atom. The van der Waals surface area contributed by atoms with Crippen LogP contribution in [0.1, 0.15) is 37.8 Å². The van der Waals surface area contributed by atoms with Crippen LogP contribution in [0.2, 0.25) is 0 Å². The minimum absolute atomic E-state index is 0.135. The molecule has 0 unspecified atom stereocenters. The van der Waals surface area contributed by atoms with Gasteiger partial charge >= 0.3 is 6.36 Å². The van der Waals surface area contributed by atoms with Gasteiger partial charge in [0.2, 0.25) is 10.0 Å². The number of hydrogen-bond acceptors (Lipinski definition) is 5. The molecule has 0 radical (unpaired) electrons. The van der Waals surface area contributed by atoms with Crippen molar-refractivity contribution in [3.8, 4) is 5.75 Å². The van der Waals surface area contributed by atoms with Crippen molar-refractivity contribution in [2.75, 3.05) is 26.2 Å². The van der Waals surface area contributed by atoms with Crippen molar-refractivity contribution < 1.29 is 31.1 Å². The number of ether oxygens (including phenoxy) is 2. The lowest BCUT2D eigenvalue weighted by atomic mass is 10.0. The standard InChI is InChI=1S/C23H29F3N2O4S/c1-2-16-31-19-12-14-28(15-13-19)17-22(18-6-4-3-5-7-18)27-33(29,30)21-10-8-20(9-11-21)32-23(24,25)26/h3-11,19,22,27H,2,12-17H2,1H3/t22-/m1/s1. The van der Waals surface area contributed by atoms with E-state index in [1.807, 2.05) is 30.3 Å². The molecule has 0 bridgehead atoms. The summed E-state index contributed by atoms with van der Waals surface area (Å²) in [5.74, 6) is -0.478. The van der Waals surface area contributed by atoms with Gasteiger partial charge in [0.25, 0.3) is 0 Å². The van der Waals surface area contributed by atoms with Gasteiger partial charge in [-0.05, 0) is 49.1 Å². The number of benzene rings is 2. The third kappa shape index (κ3) is 7.99. The van der Waals surface area contributed by atoms with Crippen LogP contribution in [0.15, 0.2) is 59.5 Å². The van der Waals surface area contributed by atoms with E-state index in [0.29, 0.717) is 6.54 Å². The number of sulfonamides is 1. The van der Waals surface area contributed by atoms with Crippen LogP contribution >= 0.6 is 0 Å². The number of likely N-dealkylation sites (tertiary alicyclic amines) is 1. The highest BCUT2D eigenvalue weighted by atomic mass is 32.2. The van der Waals surface area contributed by atoms with Gasteiger partial charge in [-0.3, -0.25) is 0 Å². The maximum atomic E-state index is 13.0. The van der Waals surface area contributed by atoms with E-state index in [0.717, 1.165) is 68.8 Å². The van der Waals surface area contributed by atoms with Gasteiger partial charge in [-0.15, -0.1) is 13.2 Å². The lowest BCUT2D eigenvalue weighted by Crippen LogP contribution is -2.43. The summed E-state index contributed by atoms with van der Waals surface area (Å²) in [5, 5.41) is 0. The Balaban J connectivity index is 1.70. The molecule has 0 aliphatic carbocycles. The number of rotatable bonds is 10. The first-order valence-corrected chi connectivity index (χ1v) is 12.4. The highest BCUT2D eigenvalue weighted by Crippen LogP contribution is 2.25. The number of piperidine rings is 1. The molecule has 0 aromatic heterocycles. The Kier molecular flexibility index (Phi) is 8.75. The first kappa shape index (κ1) is 25.5. The summed E-state index contributed by atoms with van der Waals surface area (Å²) in [6.45, 7) is 4.87. The average Bonchev–Trinajstić information content (AvgIpc) is 2.78. The molecule has 0 saturated carbocycles. The molecule has 2 aromatic rings. The molecule has 1 aliphatic heterocycles. The van der Waals surface area contributed by atoms with Crippen molar-refractivity contribution in [3.63, 3.8) is 0 Å². The predicted molar refractivity (Wildman–Crippen MR) is 118 cm³/mol. The summed E-state index contributed by atoms with van der Waals surface area (Å²) in [6, 6.07) is 12.9. The largest absolute Gasteiger partial charge is 0.573 e. The molecule has 33 heavy (non-hydrogen) atoms. The summed E-state index contributed by atoms with van der Waals surface area (Å²) >= 11 is 0. The van der Waals surface area contributed by atoms with Crippen LogP contribution in [-0.2, 0) is 14.8 Å². The molecule has 6 nitrogen and oxygen atoms in total. The molecule has 10 heteroatoms. The summed E-state index contributed by atoms with van der Waals surface area (Å²) in [6.07, 6.45) is -1.87. The van der Waals surface area contributed by atoms with E-state index in [4.69, 9.17) is 4.74 Å². The van der Waals surface area contributed by atoms with E-state index >= 15 is 0 Å². The van der Waals surface area contributed by atoms with Gasteiger partial charge in [-0.1, -0.05) is 37.3 Å². The topological polar surface area (TPSA) is 67.9 Å². The summed E-state index contributed by atoms with van der Waals surface area (Å²) in [5.41, 5.74) is 0.808. The molecule has 1 aliphatic rings. The van der Waals surface area contributed by atoms with Crippen LogP contribution in [0.5, 0.6) is 5.75 Å². The zero-order chi connectivity index (χ0) is 23.9. The molecule has 1 heterocycles. The maximum Gasteiger partial charge on any atom is 0.573 e. The number of nitrogens with zero attached hydrogens (tertiary/aromatic N) is 1. The second-order valence-corrected chi connectivity index (χ2v) is 9.69. The fourth-order valence-electron chi connectivity index (χ4n) is 3.77. The SMILES string of the molecule is CCCOC1CCN(C[C@@H](NS(=O)(=O)c2ccc(OC(F)(F)F)cc2)c2ccccc2)CC1. The second kappa shape index (κ2) is 11.3. The van der Waals surface area contributed by atoms with Gasteiger partial charge in [0.1, 0.15) is 5.75 Å². The number of alkyl halides is 3. The molecule has 182 valence electrons. The number of halogens is 3. The first-order valence-electron chi connectivity index (χ1n) is 10.9. The molecule has 0 spiro atoms.